The molecule has 4 saturated carbocycles. The van der Waals surface area contributed by atoms with E-state index in [0.29, 0.717) is 47.8 Å². The number of aromatic nitrogens is 2. The third kappa shape index (κ3) is 3.80. The van der Waals surface area contributed by atoms with Crippen LogP contribution in [0.1, 0.15) is 102 Å². The molecule has 33 heavy (non-hydrogen) atoms. The summed E-state index contributed by atoms with van der Waals surface area (Å²) in [6.45, 7) is 8.97. The number of rotatable bonds is 5. The minimum Gasteiger partial charge on any atom is -0.419 e. The van der Waals surface area contributed by atoms with E-state index in [-0.39, 0.29) is 34.7 Å². The largest absolute Gasteiger partial charge is 0.419 e. The van der Waals surface area contributed by atoms with Gasteiger partial charge in [0.1, 0.15) is 0 Å². The van der Waals surface area contributed by atoms with Crippen molar-refractivity contribution in [2.45, 2.75) is 104 Å². The smallest absolute Gasteiger partial charge is 0.283 e. The lowest BCUT2D eigenvalue weighted by Crippen LogP contribution is -2.58. The first-order valence-corrected chi connectivity index (χ1v) is 13.3. The van der Waals surface area contributed by atoms with Gasteiger partial charge in [0.05, 0.1) is 12.2 Å². The van der Waals surface area contributed by atoms with Gasteiger partial charge in [-0.05, 0) is 104 Å². The molecule has 6 heteroatoms. The molecule has 10 atom stereocenters. The van der Waals surface area contributed by atoms with Gasteiger partial charge in [-0.3, -0.25) is 4.79 Å². The zero-order valence-corrected chi connectivity index (χ0v) is 20.8. The number of ketones is 1. The Morgan fingerprint density at radius 2 is 1.79 bits per heavy atom. The zero-order chi connectivity index (χ0) is 23.5. The normalized spacial score (nSPS) is 45.7. The van der Waals surface area contributed by atoms with E-state index in [1.807, 2.05) is 0 Å². The Kier molecular flexibility index (Phi) is 6.00. The van der Waals surface area contributed by atoms with Crippen LogP contribution in [0.3, 0.4) is 0 Å². The number of nitrogens with zero attached hydrogens (tertiary/aromatic N) is 2. The molecule has 1 aromatic heterocycles. The molecule has 0 bridgehead atoms. The van der Waals surface area contributed by atoms with E-state index in [4.69, 9.17) is 4.42 Å². The molecule has 0 aromatic carbocycles. The quantitative estimate of drug-likeness (QED) is 0.605. The third-order valence-electron chi connectivity index (χ3n) is 11.0. The van der Waals surface area contributed by atoms with E-state index in [0.717, 1.165) is 32.1 Å². The van der Waals surface area contributed by atoms with Crippen LogP contribution in [0.5, 0.6) is 0 Å². The van der Waals surface area contributed by atoms with Gasteiger partial charge in [-0.15, -0.1) is 10.2 Å². The van der Waals surface area contributed by atoms with Crippen molar-refractivity contribution in [3.63, 3.8) is 0 Å². The van der Waals surface area contributed by atoms with Gasteiger partial charge in [0.15, 0.2) is 0 Å². The van der Waals surface area contributed by atoms with Crippen molar-refractivity contribution in [3.8, 4) is 0 Å². The summed E-state index contributed by atoms with van der Waals surface area (Å²) in [5.41, 5.74) is 0.506. The molecule has 5 rings (SSSR count). The van der Waals surface area contributed by atoms with Crippen molar-refractivity contribution < 1.29 is 19.4 Å². The fraction of sp³-hybridized carbons (Fsp3) is 0.889. The second kappa shape index (κ2) is 8.44. The molecule has 0 radical (unpaired) electrons. The monoisotopic (exact) mass is 458 g/mol. The van der Waals surface area contributed by atoms with Crippen LogP contribution in [0.25, 0.3) is 0 Å². The number of hydrogen-bond donors (Lipinski definition) is 2. The summed E-state index contributed by atoms with van der Waals surface area (Å²) in [5.74, 6) is 3.56. The summed E-state index contributed by atoms with van der Waals surface area (Å²) in [6, 6.07) is 0. The van der Waals surface area contributed by atoms with Gasteiger partial charge in [0, 0.05) is 13.3 Å². The van der Waals surface area contributed by atoms with Gasteiger partial charge in [-0.2, -0.15) is 0 Å². The molecule has 184 valence electrons. The highest BCUT2D eigenvalue weighted by atomic mass is 16.4. The molecule has 6 nitrogen and oxygen atoms in total. The second-order valence-electron chi connectivity index (χ2n) is 12.5. The van der Waals surface area contributed by atoms with E-state index >= 15 is 0 Å². The minimum atomic E-state index is -0.237. The van der Waals surface area contributed by atoms with E-state index in [9.17, 15) is 15.0 Å². The molecule has 4 aliphatic rings. The SMILES string of the molecule is Cc1nnc(C(=O)CC[C@@H](C)[C@H]2CC[C@H]3[C@@H]4[C@H](O)C[C@@H]5C[C@H](O)CC[C@]5(C)[C@H]4CC[C@]23C)o1. The first-order valence-electron chi connectivity index (χ1n) is 13.3. The highest BCUT2D eigenvalue weighted by molar-refractivity contribution is 5.91. The van der Waals surface area contributed by atoms with Gasteiger partial charge in [-0.25, -0.2) is 0 Å². The molecule has 0 amide bonds. The number of Topliss-reactive ketones (excluding diaryl/α,β-unsaturated/α-hetero) is 1. The van der Waals surface area contributed by atoms with Crippen LogP contribution in [-0.4, -0.2) is 38.4 Å². The van der Waals surface area contributed by atoms with Crippen molar-refractivity contribution in [3.05, 3.63) is 11.8 Å². The Morgan fingerprint density at radius 3 is 2.52 bits per heavy atom. The van der Waals surface area contributed by atoms with Crippen molar-refractivity contribution in [1.29, 1.82) is 0 Å². The number of aliphatic hydroxyl groups is 2. The third-order valence-corrected chi connectivity index (χ3v) is 11.0. The van der Waals surface area contributed by atoms with Gasteiger partial charge >= 0.3 is 0 Å². The Hall–Kier alpha value is -1.27. The van der Waals surface area contributed by atoms with E-state index in [1.165, 1.54) is 25.7 Å². The van der Waals surface area contributed by atoms with Gasteiger partial charge in [0.25, 0.3) is 5.89 Å². The van der Waals surface area contributed by atoms with Crippen molar-refractivity contribution in [1.82, 2.24) is 10.2 Å². The summed E-state index contributed by atoms with van der Waals surface area (Å²) in [7, 11) is 0. The fourth-order valence-corrected chi connectivity index (χ4v) is 9.25. The number of carbonyl (C=O) groups excluding carboxylic acids is 1. The zero-order valence-electron chi connectivity index (χ0n) is 20.8. The maximum atomic E-state index is 12.5. The van der Waals surface area contributed by atoms with Crippen LogP contribution >= 0.6 is 0 Å². The lowest BCUT2D eigenvalue weighted by molar-refractivity contribution is -0.174. The van der Waals surface area contributed by atoms with Gasteiger partial charge in [-0.1, -0.05) is 20.8 Å². The van der Waals surface area contributed by atoms with E-state index in [2.05, 4.69) is 31.0 Å². The van der Waals surface area contributed by atoms with Crippen LogP contribution in [0.2, 0.25) is 0 Å². The molecular weight excluding hydrogens is 416 g/mol. The van der Waals surface area contributed by atoms with Gasteiger partial charge < -0.3 is 14.6 Å². The summed E-state index contributed by atoms with van der Waals surface area (Å²) < 4.78 is 5.32. The standard InChI is InChI=1S/C27H42N2O4/c1-15(5-8-22(31)25-29-28-16(2)33-25)19-6-7-20-24-21(10-12-27(19,20)4)26(3)11-9-18(30)13-17(26)14-23(24)32/h15,17-21,23-24,30,32H,5-14H2,1-4H3/t15-,17+,18-,19-,20+,21+,23-,24+,26+,27-/m1/s1. The topological polar surface area (TPSA) is 96.5 Å². The van der Waals surface area contributed by atoms with Gasteiger partial charge in [0.2, 0.25) is 11.7 Å². The maximum absolute atomic E-state index is 12.5. The van der Waals surface area contributed by atoms with E-state index in [1.54, 1.807) is 6.92 Å². The molecule has 4 aliphatic carbocycles. The number of fused-ring (bicyclic) bond motifs is 5. The summed E-state index contributed by atoms with van der Waals surface area (Å²) in [4.78, 5) is 12.5. The Labute approximate surface area is 197 Å². The van der Waals surface area contributed by atoms with Crippen LogP contribution in [-0.2, 0) is 0 Å². The summed E-state index contributed by atoms with van der Waals surface area (Å²) >= 11 is 0. The van der Waals surface area contributed by atoms with Crippen molar-refractivity contribution in [2.75, 3.05) is 0 Å². The van der Waals surface area contributed by atoms with Crippen molar-refractivity contribution in [2.24, 2.45) is 46.3 Å². The average molecular weight is 459 g/mol. The lowest BCUT2D eigenvalue weighted by Gasteiger charge is -2.62. The molecule has 0 unspecified atom stereocenters. The summed E-state index contributed by atoms with van der Waals surface area (Å²) in [5, 5.41) is 29.3. The molecular formula is C27H42N2O4. The average Bonchev–Trinajstić information content (AvgIpc) is 3.36. The predicted molar refractivity (Wildman–Crippen MR) is 124 cm³/mol. The van der Waals surface area contributed by atoms with E-state index < -0.39 is 0 Å². The van der Waals surface area contributed by atoms with Crippen LogP contribution < -0.4 is 0 Å². The Bertz CT molecular complexity index is 885. The van der Waals surface area contributed by atoms with Crippen molar-refractivity contribution >= 4 is 5.78 Å². The molecule has 0 aliphatic heterocycles. The molecule has 0 spiro atoms. The van der Waals surface area contributed by atoms with Crippen LogP contribution in [0.15, 0.2) is 4.42 Å². The molecule has 0 saturated heterocycles. The number of aryl methyl sites for hydroxylation is 1. The van der Waals surface area contributed by atoms with Crippen LogP contribution in [0.4, 0.5) is 0 Å². The lowest BCUT2D eigenvalue weighted by atomic mass is 9.43. The Morgan fingerprint density at radius 1 is 1.06 bits per heavy atom. The first-order chi connectivity index (χ1) is 15.6. The number of aliphatic hydroxyl groups excluding tert-OH is 2. The molecule has 2 N–H and O–H groups in total. The number of carbonyl (C=O) groups is 1. The summed E-state index contributed by atoms with van der Waals surface area (Å²) in [6.07, 6.45) is 9.45. The highest BCUT2D eigenvalue weighted by Crippen LogP contribution is 2.68. The highest BCUT2D eigenvalue weighted by Gasteiger charge is 2.62. The molecule has 1 aromatic rings. The first kappa shape index (κ1) is 23.5. The molecule has 1 heterocycles. The number of hydrogen-bond acceptors (Lipinski definition) is 6. The van der Waals surface area contributed by atoms with Crippen LogP contribution in [0, 0.1) is 53.3 Å². The maximum Gasteiger partial charge on any atom is 0.283 e. The predicted octanol–water partition coefficient (Wildman–Crippen LogP) is 4.97. The fourth-order valence-electron chi connectivity index (χ4n) is 9.25. The minimum absolute atomic E-state index is 0.0491. The second-order valence-corrected chi connectivity index (χ2v) is 12.5. The molecule has 4 fully saturated rings. The Balaban J connectivity index is 1.29.